The molecule has 2 rings (SSSR count). The Labute approximate surface area is 97.5 Å². The molecule has 0 saturated heterocycles. The van der Waals surface area contributed by atoms with E-state index in [2.05, 4.69) is 5.32 Å². The first-order valence-corrected chi connectivity index (χ1v) is 6.50. The molecule has 16 heavy (non-hydrogen) atoms. The Morgan fingerprint density at radius 1 is 1.12 bits per heavy atom. The molecule has 3 nitrogen and oxygen atoms in total. The van der Waals surface area contributed by atoms with Crippen LogP contribution < -0.4 is 11.1 Å². The molecule has 2 aliphatic rings. The number of nitrogens with one attached hydrogen (secondary N) is 1. The van der Waals surface area contributed by atoms with E-state index in [1.807, 2.05) is 12.2 Å². The Morgan fingerprint density at radius 2 is 1.81 bits per heavy atom. The van der Waals surface area contributed by atoms with Gasteiger partial charge in [-0.1, -0.05) is 37.8 Å². The summed E-state index contributed by atoms with van der Waals surface area (Å²) < 4.78 is 0. The summed E-state index contributed by atoms with van der Waals surface area (Å²) in [6.45, 7) is 0. The predicted octanol–water partition coefficient (Wildman–Crippen LogP) is 1.73. The first-order valence-electron chi connectivity index (χ1n) is 6.50. The van der Waals surface area contributed by atoms with Gasteiger partial charge >= 0.3 is 0 Å². The van der Waals surface area contributed by atoms with E-state index in [1.54, 1.807) is 0 Å². The molecule has 0 aromatic rings. The van der Waals surface area contributed by atoms with Crippen molar-refractivity contribution < 1.29 is 4.79 Å². The second kappa shape index (κ2) is 5.48. The van der Waals surface area contributed by atoms with Gasteiger partial charge in [-0.15, -0.1) is 0 Å². The third-order valence-corrected chi connectivity index (χ3v) is 3.66. The third-order valence-electron chi connectivity index (χ3n) is 3.66. The van der Waals surface area contributed by atoms with Gasteiger partial charge in [-0.05, 0) is 19.3 Å². The number of hydrogen-bond acceptors (Lipinski definition) is 2. The van der Waals surface area contributed by atoms with E-state index in [-0.39, 0.29) is 17.9 Å². The molecule has 2 atom stereocenters. The highest BCUT2D eigenvalue weighted by molar-refractivity contribution is 5.81. The molecule has 1 fully saturated rings. The monoisotopic (exact) mass is 222 g/mol. The molecule has 3 heteroatoms. The normalized spacial score (nSPS) is 31.3. The minimum atomic E-state index is 0.0123. The predicted molar refractivity (Wildman–Crippen MR) is 64.9 cm³/mol. The van der Waals surface area contributed by atoms with Crippen LogP contribution in [0.5, 0.6) is 0 Å². The van der Waals surface area contributed by atoms with E-state index in [1.165, 1.54) is 25.7 Å². The topological polar surface area (TPSA) is 55.1 Å². The van der Waals surface area contributed by atoms with Crippen molar-refractivity contribution in [2.45, 2.75) is 57.0 Å². The van der Waals surface area contributed by atoms with Crippen LogP contribution in [0.4, 0.5) is 0 Å². The van der Waals surface area contributed by atoms with Gasteiger partial charge in [-0.3, -0.25) is 4.79 Å². The van der Waals surface area contributed by atoms with Crippen molar-refractivity contribution in [2.24, 2.45) is 11.7 Å². The van der Waals surface area contributed by atoms with Gasteiger partial charge in [-0.2, -0.15) is 0 Å². The Kier molecular flexibility index (Phi) is 3.99. The molecule has 0 radical (unpaired) electrons. The van der Waals surface area contributed by atoms with E-state index in [0.717, 1.165) is 19.3 Å². The van der Waals surface area contributed by atoms with Crippen LogP contribution in [0.3, 0.4) is 0 Å². The lowest BCUT2D eigenvalue weighted by atomic mass is 10.0. The highest BCUT2D eigenvalue weighted by Crippen LogP contribution is 2.20. The zero-order valence-electron chi connectivity index (χ0n) is 9.82. The fraction of sp³-hybridized carbons (Fsp3) is 0.769. The van der Waals surface area contributed by atoms with Crippen LogP contribution in [0.15, 0.2) is 12.2 Å². The van der Waals surface area contributed by atoms with Crippen molar-refractivity contribution in [1.29, 1.82) is 0 Å². The van der Waals surface area contributed by atoms with Gasteiger partial charge in [0.05, 0.1) is 5.92 Å². The second-order valence-electron chi connectivity index (χ2n) is 5.09. The smallest absolute Gasteiger partial charge is 0.227 e. The van der Waals surface area contributed by atoms with Crippen LogP contribution in [0.1, 0.15) is 44.9 Å². The number of amides is 1. The Balaban J connectivity index is 1.79. The van der Waals surface area contributed by atoms with Crippen molar-refractivity contribution in [2.75, 3.05) is 0 Å². The largest absolute Gasteiger partial charge is 0.353 e. The number of rotatable bonds is 2. The molecule has 3 N–H and O–H groups in total. The van der Waals surface area contributed by atoms with Crippen molar-refractivity contribution >= 4 is 5.91 Å². The van der Waals surface area contributed by atoms with E-state index in [0.29, 0.717) is 6.04 Å². The highest BCUT2D eigenvalue weighted by Gasteiger charge is 2.24. The Morgan fingerprint density at radius 3 is 2.38 bits per heavy atom. The van der Waals surface area contributed by atoms with E-state index in [4.69, 9.17) is 5.73 Å². The lowest BCUT2D eigenvalue weighted by Crippen LogP contribution is -2.38. The summed E-state index contributed by atoms with van der Waals surface area (Å²) >= 11 is 0. The first kappa shape index (κ1) is 11.6. The third kappa shape index (κ3) is 3.08. The molecule has 90 valence electrons. The SMILES string of the molecule is NC1C=CC(C(=O)NC2CCCCCC2)C1. The molecule has 0 aromatic heterocycles. The van der Waals surface area contributed by atoms with Crippen molar-refractivity contribution in [3.05, 3.63) is 12.2 Å². The molecule has 1 saturated carbocycles. The molecular formula is C13H22N2O. The average Bonchev–Trinajstić information content (AvgIpc) is 2.54. The lowest BCUT2D eigenvalue weighted by Gasteiger charge is -2.18. The minimum absolute atomic E-state index is 0.0123. The van der Waals surface area contributed by atoms with E-state index >= 15 is 0 Å². The van der Waals surface area contributed by atoms with Crippen LogP contribution >= 0.6 is 0 Å². The van der Waals surface area contributed by atoms with Gasteiger partial charge in [-0.25, -0.2) is 0 Å². The summed E-state index contributed by atoms with van der Waals surface area (Å²) in [5, 5.41) is 3.18. The fourth-order valence-electron chi connectivity index (χ4n) is 2.65. The minimum Gasteiger partial charge on any atom is -0.353 e. The maximum atomic E-state index is 12.0. The van der Waals surface area contributed by atoms with E-state index in [9.17, 15) is 4.79 Å². The summed E-state index contributed by atoms with van der Waals surface area (Å²) in [5.41, 5.74) is 5.75. The van der Waals surface area contributed by atoms with Gasteiger partial charge < -0.3 is 11.1 Å². The summed E-state index contributed by atoms with van der Waals surface area (Å²) in [6.07, 6.45) is 12.1. The van der Waals surface area contributed by atoms with Crippen molar-refractivity contribution in [3.63, 3.8) is 0 Å². The highest BCUT2D eigenvalue weighted by atomic mass is 16.1. The molecule has 2 aliphatic carbocycles. The molecule has 0 spiro atoms. The molecule has 0 aromatic carbocycles. The van der Waals surface area contributed by atoms with Gasteiger partial charge in [0, 0.05) is 12.1 Å². The summed E-state index contributed by atoms with van der Waals surface area (Å²) in [7, 11) is 0. The molecule has 2 unspecified atom stereocenters. The standard InChI is InChI=1S/C13H22N2O/c14-11-8-7-10(9-11)13(16)15-12-5-3-1-2-4-6-12/h7-8,10-12H,1-6,9,14H2,(H,15,16). The molecule has 0 bridgehead atoms. The van der Waals surface area contributed by atoms with Crippen LogP contribution in [0.25, 0.3) is 0 Å². The van der Waals surface area contributed by atoms with E-state index < -0.39 is 0 Å². The quantitative estimate of drug-likeness (QED) is 0.552. The Hall–Kier alpha value is -0.830. The summed E-state index contributed by atoms with van der Waals surface area (Å²) in [4.78, 5) is 12.0. The zero-order chi connectivity index (χ0) is 11.4. The average molecular weight is 222 g/mol. The molecular weight excluding hydrogens is 200 g/mol. The van der Waals surface area contributed by atoms with Crippen molar-refractivity contribution in [1.82, 2.24) is 5.32 Å². The van der Waals surface area contributed by atoms with Crippen LogP contribution in [0, 0.1) is 5.92 Å². The van der Waals surface area contributed by atoms with Crippen LogP contribution in [-0.4, -0.2) is 18.0 Å². The maximum Gasteiger partial charge on any atom is 0.227 e. The first-order chi connectivity index (χ1) is 7.75. The van der Waals surface area contributed by atoms with Crippen molar-refractivity contribution in [3.8, 4) is 0 Å². The zero-order valence-corrected chi connectivity index (χ0v) is 9.82. The Bertz CT molecular complexity index is 267. The van der Waals surface area contributed by atoms with Crippen LogP contribution in [0.2, 0.25) is 0 Å². The maximum absolute atomic E-state index is 12.0. The number of nitrogens with two attached hydrogens (primary N) is 1. The van der Waals surface area contributed by atoms with Gasteiger partial charge in [0.1, 0.15) is 0 Å². The molecule has 0 heterocycles. The second-order valence-corrected chi connectivity index (χ2v) is 5.09. The number of carbonyl (C=O) groups is 1. The molecule has 0 aliphatic heterocycles. The lowest BCUT2D eigenvalue weighted by molar-refractivity contribution is -0.124. The summed E-state index contributed by atoms with van der Waals surface area (Å²) in [6, 6.07) is 0.477. The molecule has 1 amide bonds. The van der Waals surface area contributed by atoms with Gasteiger partial charge in [0.15, 0.2) is 0 Å². The number of hydrogen-bond donors (Lipinski definition) is 2. The van der Waals surface area contributed by atoms with Crippen LogP contribution in [-0.2, 0) is 4.79 Å². The summed E-state index contributed by atoms with van der Waals surface area (Å²) in [5.74, 6) is 0.189. The van der Waals surface area contributed by atoms with Gasteiger partial charge in [0.25, 0.3) is 0 Å². The van der Waals surface area contributed by atoms with Gasteiger partial charge in [0.2, 0.25) is 5.91 Å². The number of carbonyl (C=O) groups excluding carboxylic acids is 1. The fourth-order valence-corrected chi connectivity index (χ4v) is 2.65.